The minimum Gasteiger partial charge on any atom is -0.368 e. The summed E-state index contributed by atoms with van der Waals surface area (Å²) in [4.78, 5) is 2.59. The van der Waals surface area contributed by atoms with Gasteiger partial charge >= 0.3 is 0 Å². The van der Waals surface area contributed by atoms with Gasteiger partial charge in [-0.15, -0.1) is 10.2 Å². The first-order valence-electron chi connectivity index (χ1n) is 8.89. The first kappa shape index (κ1) is 17.6. The smallest absolute Gasteiger partial charge is 0.160 e. The molecule has 2 rings (SSSR count). The van der Waals surface area contributed by atoms with E-state index in [4.69, 9.17) is 0 Å². The Hall–Kier alpha value is -1.75. The Morgan fingerprint density at radius 1 is 0.913 bits per heavy atom. The van der Waals surface area contributed by atoms with E-state index < -0.39 is 0 Å². The summed E-state index contributed by atoms with van der Waals surface area (Å²) < 4.78 is 0. The van der Waals surface area contributed by atoms with Crippen LogP contribution in [0.1, 0.15) is 46.0 Å². The molecular weight excluding hydrogens is 286 g/mol. The maximum atomic E-state index is 4.14. The van der Waals surface area contributed by atoms with Gasteiger partial charge in [0.15, 0.2) is 5.82 Å². The standard InChI is InChI=1S/C18H29N5/c1-3-5-13-23(14-6-4-2)15-9-12-19-18-16-10-7-8-11-17(16)20-22-21-18/h7-8,10-11H,3-6,9,12-15H2,1-2H3,(H,19,20,21). The molecule has 0 aliphatic heterocycles. The van der Waals surface area contributed by atoms with E-state index in [1.165, 1.54) is 38.8 Å². The summed E-state index contributed by atoms with van der Waals surface area (Å²) in [6, 6.07) is 7.98. The number of nitrogens with zero attached hydrogens (tertiary/aromatic N) is 4. The molecule has 1 N–H and O–H groups in total. The van der Waals surface area contributed by atoms with E-state index in [0.29, 0.717) is 0 Å². The van der Waals surface area contributed by atoms with Crippen molar-refractivity contribution in [3.8, 4) is 0 Å². The van der Waals surface area contributed by atoms with E-state index >= 15 is 0 Å². The minimum absolute atomic E-state index is 0.837. The quantitative estimate of drug-likeness (QED) is 0.640. The minimum atomic E-state index is 0.837. The molecule has 0 fully saturated rings. The van der Waals surface area contributed by atoms with Crippen molar-refractivity contribution in [1.29, 1.82) is 0 Å². The fourth-order valence-electron chi connectivity index (χ4n) is 2.67. The molecule has 0 amide bonds. The molecule has 23 heavy (non-hydrogen) atoms. The van der Waals surface area contributed by atoms with Crippen LogP contribution in [0.3, 0.4) is 0 Å². The molecule has 0 aliphatic rings. The normalized spacial score (nSPS) is 11.3. The average molecular weight is 315 g/mol. The van der Waals surface area contributed by atoms with Crippen LogP contribution in [0.4, 0.5) is 5.82 Å². The lowest BCUT2D eigenvalue weighted by molar-refractivity contribution is 0.264. The Balaban J connectivity index is 1.80. The number of aromatic nitrogens is 3. The summed E-state index contributed by atoms with van der Waals surface area (Å²) in [7, 11) is 0. The highest BCUT2D eigenvalue weighted by Crippen LogP contribution is 2.17. The molecule has 1 aromatic carbocycles. The van der Waals surface area contributed by atoms with Crippen molar-refractivity contribution in [3.05, 3.63) is 24.3 Å². The van der Waals surface area contributed by atoms with Gasteiger partial charge in [0, 0.05) is 11.9 Å². The largest absolute Gasteiger partial charge is 0.368 e. The van der Waals surface area contributed by atoms with E-state index in [1.54, 1.807) is 0 Å². The van der Waals surface area contributed by atoms with E-state index in [2.05, 4.69) is 39.5 Å². The molecule has 0 saturated carbocycles. The SMILES string of the molecule is CCCCN(CCCC)CCCNc1nnnc2ccccc12. The zero-order chi connectivity index (χ0) is 16.3. The van der Waals surface area contributed by atoms with Crippen molar-refractivity contribution < 1.29 is 0 Å². The second-order valence-electron chi connectivity index (χ2n) is 5.98. The third-order valence-corrected chi connectivity index (χ3v) is 4.06. The second-order valence-corrected chi connectivity index (χ2v) is 5.98. The molecule has 0 unspecified atom stereocenters. The molecule has 5 nitrogen and oxygen atoms in total. The van der Waals surface area contributed by atoms with Gasteiger partial charge in [-0.1, -0.05) is 38.8 Å². The maximum absolute atomic E-state index is 4.14. The van der Waals surface area contributed by atoms with Crippen LogP contribution in [0.5, 0.6) is 0 Å². The molecule has 0 aliphatic carbocycles. The van der Waals surface area contributed by atoms with Gasteiger partial charge < -0.3 is 10.2 Å². The van der Waals surface area contributed by atoms with Crippen LogP contribution < -0.4 is 5.32 Å². The molecule has 5 heteroatoms. The lowest BCUT2D eigenvalue weighted by Crippen LogP contribution is -2.28. The number of rotatable bonds is 11. The van der Waals surface area contributed by atoms with E-state index in [-0.39, 0.29) is 0 Å². The number of hydrogen-bond donors (Lipinski definition) is 1. The molecule has 1 heterocycles. The zero-order valence-electron chi connectivity index (χ0n) is 14.5. The number of anilines is 1. The van der Waals surface area contributed by atoms with Gasteiger partial charge in [-0.3, -0.25) is 0 Å². The molecule has 0 spiro atoms. The number of unbranched alkanes of at least 4 members (excludes halogenated alkanes) is 2. The topological polar surface area (TPSA) is 53.9 Å². The van der Waals surface area contributed by atoms with Crippen molar-refractivity contribution in [2.75, 3.05) is 31.5 Å². The second kappa shape index (κ2) is 10.1. The monoisotopic (exact) mass is 315 g/mol. The van der Waals surface area contributed by atoms with Crippen LogP contribution in [0.15, 0.2) is 24.3 Å². The van der Waals surface area contributed by atoms with Gasteiger partial charge in [0.05, 0.1) is 5.52 Å². The van der Waals surface area contributed by atoms with E-state index in [9.17, 15) is 0 Å². The van der Waals surface area contributed by atoms with Gasteiger partial charge in [-0.25, -0.2) is 0 Å². The summed E-state index contributed by atoms with van der Waals surface area (Å²) in [5.74, 6) is 0.837. The van der Waals surface area contributed by atoms with E-state index in [0.717, 1.165) is 36.2 Å². The zero-order valence-corrected chi connectivity index (χ0v) is 14.5. The van der Waals surface area contributed by atoms with Crippen LogP contribution in [0.25, 0.3) is 10.9 Å². The molecule has 0 atom stereocenters. The van der Waals surface area contributed by atoms with Crippen LogP contribution in [-0.4, -0.2) is 46.5 Å². The van der Waals surface area contributed by atoms with Gasteiger partial charge in [0.1, 0.15) is 0 Å². The van der Waals surface area contributed by atoms with Crippen molar-refractivity contribution in [2.24, 2.45) is 0 Å². The predicted octanol–water partition coefficient (Wildman–Crippen LogP) is 3.73. The first-order valence-corrected chi connectivity index (χ1v) is 8.89. The summed E-state index contributed by atoms with van der Waals surface area (Å²) in [6.07, 6.45) is 6.22. The van der Waals surface area contributed by atoms with Gasteiger partial charge in [0.2, 0.25) is 0 Å². The van der Waals surface area contributed by atoms with Crippen molar-refractivity contribution >= 4 is 16.7 Å². The molecule has 0 radical (unpaired) electrons. The Morgan fingerprint density at radius 3 is 2.35 bits per heavy atom. The lowest BCUT2D eigenvalue weighted by atomic mass is 10.2. The van der Waals surface area contributed by atoms with Crippen LogP contribution in [0.2, 0.25) is 0 Å². The highest BCUT2D eigenvalue weighted by Gasteiger charge is 2.05. The Morgan fingerprint density at radius 2 is 1.61 bits per heavy atom. The fraction of sp³-hybridized carbons (Fsp3) is 0.611. The number of fused-ring (bicyclic) bond motifs is 1. The summed E-state index contributed by atoms with van der Waals surface area (Å²) >= 11 is 0. The number of hydrogen-bond acceptors (Lipinski definition) is 5. The number of nitrogens with one attached hydrogen (secondary N) is 1. The Bertz CT molecular complexity index is 559. The van der Waals surface area contributed by atoms with Gasteiger partial charge in [-0.05, 0) is 56.2 Å². The Labute approximate surface area is 139 Å². The molecular formula is C18H29N5. The van der Waals surface area contributed by atoms with Crippen LogP contribution >= 0.6 is 0 Å². The Kier molecular flexibility index (Phi) is 7.73. The highest BCUT2D eigenvalue weighted by molar-refractivity contribution is 5.88. The highest BCUT2D eigenvalue weighted by atomic mass is 15.3. The van der Waals surface area contributed by atoms with Gasteiger partial charge in [0.25, 0.3) is 0 Å². The third-order valence-electron chi connectivity index (χ3n) is 4.06. The molecule has 0 bridgehead atoms. The van der Waals surface area contributed by atoms with Crippen LogP contribution in [-0.2, 0) is 0 Å². The van der Waals surface area contributed by atoms with E-state index in [1.807, 2.05) is 24.3 Å². The third kappa shape index (κ3) is 5.75. The number of benzene rings is 1. The maximum Gasteiger partial charge on any atom is 0.160 e. The van der Waals surface area contributed by atoms with Crippen molar-refractivity contribution in [1.82, 2.24) is 20.3 Å². The summed E-state index contributed by atoms with van der Waals surface area (Å²) in [5, 5.41) is 16.5. The fourth-order valence-corrected chi connectivity index (χ4v) is 2.67. The molecule has 1 aromatic heterocycles. The van der Waals surface area contributed by atoms with Gasteiger partial charge in [-0.2, -0.15) is 0 Å². The summed E-state index contributed by atoms with van der Waals surface area (Å²) in [6.45, 7) is 9.00. The molecule has 2 aromatic rings. The predicted molar refractivity (Wildman–Crippen MR) is 96.7 cm³/mol. The van der Waals surface area contributed by atoms with Crippen molar-refractivity contribution in [2.45, 2.75) is 46.0 Å². The molecule has 0 saturated heterocycles. The lowest BCUT2D eigenvalue weighted by Gasteiger charge is -2.22. The molecule has 126 valence electrons. The first-order chi connectivity index (χ1) is 11.3. The average Bonchev–Trinajstić information content (AvgIpc) is 2.60. The summed E-state index contributed by atoms with van der Waals surface area (Å²) in [5.41, 5.74) is 0.887. The van der Waals surface area contributed by atoms with Crippen molar-refractivity contribution in [3.63, 3.8) is 0 Å². The van der Waals surface area contributed by atoms with Crippen LogP contribution in [0, 0.1) is 0 Å².